The number of amides is 3. The highest BCUT2D eigenvalue weighted by molar-refractivity contribution is 5.93. The average Bonchev–Trinajstić information content (AvgIpc) is 3.35. The Balaban J connectivity index is 1.25. The summed E-state index contributed by atoms with van der Waals surface area (Å²) in [5.74, 6) is 1.25. The number of carbonyl (C=O) groups excluding carboxylic acids is 3. The minimum absolute atomic E-state index is 0.00385. The van der Waals surface area contributed by atoms with Crippen LogP contribution in [0.4, 0.5) is 10.5 Å². The normalized spacial score (nSPS) is 19.2. The van der Waals surface area contributed by atoms with Crippen molar-refractivity contribution in [3.05, 3.63) is 54.1 Å². The fraction of sp³-hybridized carbons (Fsp3) is 0.483. The van der Waals surface area contributed by atoms with Gasteiger partial charge in [0.15, 0.2) is 11.5 Å². The molecule has 3 amide bonds. The number of anilines is 1. The number of hydrogen-bond acceptors (Lipinski definition) is 6. The van der Waals surface area contributed by atoms with Crippen LogP contribution in [0.15, 0.2) is 48.5 Å². The van der Waals surface area contributed by atoms with Crippen molar-refractivity contribution in [3.63, 3.8) is 0 Å². The molecule has 1 saturated carbocycles. The Hall–Kier alpha value is -3.75. The molecule has 3 N–H and O–H groups in total. The fourth-order valence-electron chi connectivity index (χ4n) is 4.72. The Labute approximate surface area is 223 Å². The van der Waals surface area contributed by atoms with Crippen molar-refractivity contribution in [1.29, 1.82) is 0 Å². The topological polar surface area (TPSA) is 115 Å². The molecule has 0 bridgehead atoms. The van der Waals surface area contributed by atoms with Gasteiger partial charge >= 0.3 is 6.09 Å². The zero-order valence-electron chi connectivity index (χ0n) is 22.3. The quantitative estimate of drug-likeness (QED) is 0.472. The van der Waals surface area contributed by atoms with Gasteiger partial charge in [0.25, 0.3) is 0 Å². The van der Waals surface area contributed by atoms with Crippen molar-refractivity contribution in [1.82, 2.24) is 10.6 Å². The first-order valence-electron chi connectivity index (χ1n) is 13.2. The summed E-state index contributed by atoms with van der Waals surface area (Å²) in [5.41, 5.74) is 0.971. The molecule has 38 heavy (non-hydrogen) atoms. The lowest BCUT2D eigenvalue weighted by Gasteiger charge is -2.29. The highest BCUT2D eigenvalue weighted by atomic mass is 16.7. The smallest absolute Gasteiger partial charge is 0.408 e. The monoisotopic (exact) mass is 523 g/mol. The molecule has 2 aromatic carbocycles. The number of rotatable bonds is 8. The number of ether oxygens (including phenoxy) is 3. The molecule has 2 aliphatic rings. The molecule has 9 heteroatoms. The minimum Gasteiger partial charge on any atom is -0.454 e. The summed E-state index contributed by atoms with van der Waals surface area (Å²) in [5, 5.41) is 8.72. The van der Waals surface area contributed by atoms with E-state index < -0.39 is 17.7 Å². The second-order valence-electron chi connectivity index (χ2n) is 10.9. The van der Waals surface area contributed by atoms with E-state index in [2.05, 4.69) is 16.0 Å². The van der Waals surface area contributed by atoms with E-state index in [0.29, 0.717) is 30.2 Å². The van der Waals surface area contributed by atoms with Gasteiger partial charge in [0.1, 0.15) is 11.6 Å². The Kier molecular flexibility index (Phi) is 8.76. The van der Waals surface area contributed by atoms with Crippen molar-refractivity contribution in [2.24, 2.45) is 11.8 Å². The maximum atomic E-state index is 13.1. The lowest BCUT2D eigenvalue weighted by molar-refractivity contribution is -0.124. The average molecular weight is 524 g/mol. The number of benzene rings is 2. The standard InChI is InChI=1S/C29H37N3O6/c1-29(2,3)38-28(35)32-23(15-19-7-5-4-6-8-19)27(34)30-17-20-9-11-21(12-10-20)26(33)31-22-13-14-24-25(16-22)37-18-36-24/h4-8,13-14,16,20-21,23H,9-12,15,17-18H2,1-3H3,(H,30,34)(H,31,33)(H,32,35). The van der Waals surface area contributed by atoms with E-state index in [1.807, 2.05) is 36.4 Å². The lowest BCUT2D eigenvalue weighted by Crippen LogP contribution is -2.50. The van der Waals surface area contributed by atoms with Crippen molar-refractivity contribution in [2.75, 3.05) is 18.7 Å². The summed E-state index contributed by atoms with van der Waals surface area (Å²) in [7, 11) is 0. The highest BCUT2D eigenvalue weighted by Gasteiger charge is 2.29. The summed E-state index contributed by atoms with van der Waals surface area (Å²) >= 11 is 0. The third-order valence-corrected chi connectivity index (χ3v) is 6.71. The first-order valence-corrected chi connectivity index (χ1v) is 13.2. The van der Waals surface area contributed by atoms with Crippen LogP contribution in [0.5, 0.6) is 11.5 Å². The van der Waals surface area contributed by atoms with Crippen LogP contribution < -0.4 is 25.4 Å². The lowest BCUT2D eigenvalue weighted by atomic mass is 9.81. The summed E-state index contributed by atoms with van der Waals surface area (Å²) < 4.78 is 16.1. The van der Waals surface area contributed by atoms with E-state index in [9.17, 15) is 14.4 Å². The third kappa shape index (κ3) is 7.87. The summed E-state index contributed by atoms with van der Waals surface area (Å²) in [6, 6.07) is 14.2. The van der Waals surface area contributed by atoms with Gasteiger partial charge in [-0.15, -0.1) is 0 Å². The van der Waals surface area contributed by atoms with Crippen LogP contribution in [0.1, 0.15) is 52.0 Å². The summed E-state index contributed by atoms with van der Waals surface area (Å²) in [6.07, 6.45) is 2.91. The Morgan fingerprint density at radius 1 is 0.974 bits per heavy atom. The van der Waals surface area contributed by atoms with Crippen LogP contribution in [0.25, 0.3) is 0 Å². The maximum Gasteiger partial charge on any atom is 0.408 e. The van der Waals surface area contributed by atoms with Crippen molar-refractivity contribution < 1.29 is 28.6 Å². The van der Waals surface area contributed by atoms with Crippen LogP contribution in [-0.2, 0) is 20.7 Å². The minimum atomic E-state index is -0.754. The van der Waals surface area contributed by atoms with E-state index in [1.54, 1.807) is 32.9 Å². The van der Waals surface area contributed by atoms with Crippen LogP contribution in [-0.4, -0.2) is 42.9 Å². The Morgan fingerprint density at radius 2 is 1.68 bits per heavy atom. The van der Waals surface area contributed by atoms with Gasteiger partial charge in [0.2, 0.25) is 18.6 Å². The van der Waals surface area contributed by atoms with Gasteiger partial charge < -0.3 is 30.2 Å². The molecule has 1 aliphatic carbocycles. The largest absolute Gasteiger partial charge is 0.454 e. The predicted molar refractivity (Wildman–Crippen MR) is 143 cm³/mol. The molecule has 0 aromatic heterocycles. The van der Waals surface area contributed by atoms with Gasteiger partial charge in [-0.05, 0) is 70.1 Å². The zero-order valence-corrected chi connectivity index (χ0v) is 22.3. The zero-order chi connectivity index (χ0) is 27.1. The van der Waals surface area contributed by atoms with E-state index in [0.717, 1.165) is 31.2 Å². The number of hydrogen-bond donors (Lipinski definition) is 3. The fourth-order valence-corrected chi connectivity index (χ4v) is 4.72. The first kappa shape index (κ1) is 27.3. The number of nitrogens with one attached hydrogen (secondary N) is 3. The van der Waals surface area contributed by atoms with Gasteiger partial charge in [-0.1, -0.05) is 30.3 Å². The molecule has 1 unspecified atom stereocenters. The molecule has 1 heterocycles. The van der Waals surface area contributed by atoms with Crippen molar-refractivity contribution >= 4 is 23.6 Å². The van der Waals surface area contributed by atoms with E-state index in [4.69, 9.17) is 14.2 Å². The van der Waals surface area contributed by atoms with Crippen LogP contribution >= 0.6 is 0 Å². The molecule has 1 aliphatic heterocycles. The third-order valence-electron chi connectivity index (χ3n) is 6.71. The second kappa shape index (κ2) is 12.2. The molecule has 0 saturated heterocycles. The molecule has 1 fully saturated rings. The van der Waals surface area contributed by atoms with Gasteiger partial charge in [-0.25, -0.2) is 4.79 Å². The molecule has 4 rings (SSSR count). The molecule has 9 nitrogen and oxygen atoms in total. The van der Waals surface area contributed by atoms with Crippen LogP contribution in [0.2, 0.25) is 0 Å². The Morgan fingerprint density at radius 3 is 2.39 bits per heavy atom. The van der Waals surface area contributed by atoms with Crippen molar-refractivity contribution in [2.45, 2.75) is 64.5 Å². The first-order chi connectivity index (χ1) is 18.2. The predicted octanol–water partition coefficient (Wildman–Crippen LogP) is 4.41. The van der Waals surface area contributed by atoms with E-state index >= 15 is 0 Å². The second-order valence-corrected chi connectivity index (χ2v) is 10.9. The molecule has 1 atom stereocenters. The van der Waals surface area contributed by atoms with Gasteiger partial charge in [-0.3, -0.25) is 9.59 Å². The number of fused-ring (bicyclic) bond motifs is 1. The van der Waals surface area contributed by atoms with Crippen LogP contribution in [0.3, 0.4) is 0 Å². The van der Waals surface area contributed by atoms with Crippen molar-refractivity contribution in [3.8, 4) is 11.5 Å². The van der Waals surface area contributed by atoms with Gasteiger partial charge in [-0.2, -0.15) is 0 Å². The molecule has 0 spiro atoms. The van der Waals surface area contributed by atoms with Gasteiger partial charge in [0, 0.05) is 30.6 Å². The van der Waals surface area contributed by atoms with E-state index in [-0.39, 0.29) is 30.4 Å². The number of carbonyl (C=O) groups is 3. The molecule has 2 aromatic rings. The molecule has 204 valence electrons. The Bertz CT molecular complexity index is 1120. The summed E-state index contributed by atoms with van der Waals surface area (Å²) in [4.78, 5) is 38.3. The summed E-state index contributed by atoms with van der Waals surface area (Å²) in [6.45, 7) is 6.04. The van der Waals surface area contributed by atoms with E-state index in [1.165, 1.54) is 0 Å². The SMILES string of the molecule is CC(C)(C)OC(=O)NC(Cc1ccccc1)C(=O)NCC1CCC(C(=O)Nc2ccc3c(c2)OCO3)CC1. The molecule has 0 radical (unpaired) electrons. The van der Waals surface area contributed by atoms with Gasteiger partial charge in [0.05, 0.1) is 0 Å². The number of alkyl carbamates (subject to hydrolysis) is 1. The maximum absolute atomic E-state index is 13.1. The van der Waals surface area contributed by atoms with Crippen LogP contribution in [0, 0.1) is 11.8 Å². The molecular formula is C29H37N3O6. The highest BCUT2D eigenvalue weighted by Crippen LogP contribution is 2.35. The molecular weight excluding hydrogens is 486 g/mol.